The van der Waals surface area contributed by atoms with Crippen LogP contribution in [0.5, 0.6) is 0 Å². The Morgan fingerprint density at radius 3 is 1.38 bits per heavy atom. The Labute approximate surface area is 157 Å². The van der Waals surface area contributed by atoms with Crippen LogP contribution in [-0.4, -0.2) is 23.9 Å². The first kappa shape index (κ1) is 18.9. The lowest BCUT2D eigenvalue weighted by molar-refractivity contribution is 0.0898. The van der Waals surface area contributed by atoms with Gasteiger partial charge in [-0.05, 0) is 61.8 Å². The first-order valence-electron chi connectivity index (χ1n) is 10.3. The maximum atomic E-state index is 12.5. The summed E-state index contributed by atoms with van der Waals surface area (Å²) in [6, 6.07) is 7.60. The van der Waals surface area contributed by atoms with E-state index in [9.17, 15) is 9.59 Å². The Balaban J connectivity index is 1.57. The molecule has 0 aromatic heterocycles. The van der Waals surface area contributed by atoms with Gasteiger partial charge in [0.15, 0.2) is 0 Å². The molecule has 3 rings (SSSR count). The zero-order chi connectivity index (χ0) is 18.5. The SMILES string of the molecule is C[C@@H]1CCCC[C@@H]1NC(=O)c1ccc(C(=O)N[C@@H]2CCCC[C@@H]2C)cc1. The molecular formula is C22H32N2O2. The average Bonchev–Trinajstić information content (AvgIpc) is 2.65. The van der Waals surface area contributed by atoms with Gasteiger partial charge < -0.3 is 10.6 Å². The number of hydrogen-bond acceptors (Lipinski definition) is 2. The first-order valence-corrected chi connectivity index (χ1v) is 10.3. The van der Waals surface area contributed by atoms with Crippen LogP contribution in [0.2, 0.25) is 0 Å². The number of benzene rings is 1. The minimum Gasteiger partial charge on any atom is -0.349 e. The van der Waals surface area contributed by atoms with Crippen LogP contribution >= 0.6 is 0 Å². The second kappa shape index (κ2) is 8.70. The van der Waals surface area contributed by atoms with E-state index in [1.165, 1.54) is 38.5 Å². The third-order valence-electron chi connectivity index (χ3n) is 6.27. The summed E-state index contributed by atoms with van der Waals surface area (Å²) in [5.41, 5.74) is 1.26. The fraction of sp³-hybridized carbons (Fsp3) is 0.636. The molecule has 2 aliphatic carbocycles. The quantitative estimate of drug-likeness (QED) is 0.845. The summed E-state index contributed by atoms with van der Waals surface area (Å²) in [4.78, 5) is 25.0. The molecule has 2 aliphatic rings. The predicted octanol–water partition coefficient (Wildman–Crippen LogP) is 4.30. The van der Waals surface area contributed by atoms with Crippen molar-refractivity contribution in [1.82, 2.24) is 10.6 Å². The molecular weight excluding hydrogens is 324 g/mol. The smallest absolute Gasteiger partial charge is 0.251 e. The number of amides is 2. The van der Waals surface area contributed by atoms with Crippen molar-refractivity contribution >= 4 is 11.8 Å². The summed E-state index contributed by atoms with van der Waals surface area (Å²) in [5, 5.41) is 6.33. The summed E-state index contributed by atoms with van der Waals surface area (Å²) in [6.45, 7) is 4.42. The van der Waals surface area contributed by atoms with E-state index in [1.807, 2.05) is 0 Å². The Kier molecular flexibility index (Phi) is 6.33. The van der Waals surface area contributed by atoms with Crippen molar-refractivity contribution < 1.29 is 9.59 Å². The van der Waals surface area contributed by atoms with Gasteiger partial charge in [-0.1, -0.05) is 39.5 Å². The number of hydrogen-bond donors (Lipinski definition) is 2. The minimum atomic E-state index is -0.0309. The predicted molar refractivity (Wildman–Crippen MR) is 104 cm³/mol. The normalized spacial score (nSPS) is 29.0. The van der Waals surface area contributed by atoms with Crippen molar-refractivity contribution in [3.8, 4) is 0 Å². The Bertz CT molecular complexity index is 571. The van der Waals surface area contributed by atoms with Gasteiger partial charge in [0.25, 0.3) is 11.8 Å². The molecule has 2 N–H and O–H groups in total. The van der Waals surface area contributed by atoms with Gasteiger partial charge >= 0.3 is 0 Å². The van der Waals surface area contributed by atoms with Crippen LogP contribution in [-0.2, 0) is 0 Å². The van der Waals surface area contributed by atoms with Gasteiger partial charge in [0.1, 0.15) is 0 Å². The summed E-state index contributed by atoms with van der Waals surface area (Å²) in [7, 11) is 0. The fourth-order valence-corrected chi connectivity index (χ4v) is 4.34. The molecule has 26 heavy (non-hydrogen) atoms. The van der Waals surface area contributed by atoms with Crippen molar-refractivity contribution in [3.05, 3.63) is 35.4 Å². The first-order chi connectivity index (χ1) is 12.5. The van der Waals surface area contributed by atoms with E-state index in [-0.39, 0.29) is 23.9 Å². The van der Waals surface area contributed by atoms with Crippen LogP contribution < -0.4 is 10.6 Å². The molecule has 4 nitrogen and oxygen atoms in total. The van der Waals surface area contributed by atoms with Crippen LogP contribution in [0.3, 0.4) is 0 Å². The largest absolute Gasteiger partial charge is 0.349 e. The van der Waals surface area contributed by atoms with Gasteiger partial charge in [-0.2, -0.15) is 0 Å². The monoisotopic (exact) mass is 356 g/mol. The topological polar surface area (TPSA) is 58.2 Å². The number of nitrogens with one attached hydrogen (secondary N) is 2. The fourth-order valence-electron chi connectivity index (χ4n) is 4.34. The molecule has 0 heterocycles. The molecule has 0 bridgehead atoms. The second-order valence-corrected chi connectivity index (χ2v) is 8.26. The Morgan fingerprint density at radius 1 is 0.692 bits per heavy atom. The maximum Gasteiger partial charge on any atom is 0.251 e. The summed E-state index contributed by atoms with van der Waals surface area (Å²) < 4.78 is 0. The highest BCUT2D eigenvalue weighted by molar-refractivity contribution is 5.98. The van der Waals surface area contributed by atoms with Gasteiger partial charge in [-0.25, -0.2) is 0 Å². The summed E-state index contributed by atoms with van der Waals surface area (Å²) >= 11 is 0. The maximum absolute atomic E-state index is 12.5. The molecule has 4 heteroatoms. The molecule has 142 valence electrons. The number of carbonyl (C=O) groups is 2. The molecule has 0 spiro atoms. The summed E-state index contributed by atoms with van der Waals surface area (Å²) in [5.74, 6) is 1.01. The highest BCUT2D eigenvalue weighted by atomic mass is 16.2. The van der Waals surface area contributed by atoms with Gasteiger partial charge in [0.05, 0.1) is 0 Å². The van der Waals surface area contributed by atoms with Gasteiger partial charge in [0, 0.05) is 23.2 Å². The van der Waals surface area contributed by atoms with E-state index < -0.39 is 0 Å². The third kappa shape index (κ3) is 4.66. The van der Waals surface area contributed by atoms with E-state index in [2.05, 4.69) is 24.5 Å². The minimum absolute atomic E-state index is 0.0309. The third-order valence-corrected chi connectivity index (χ3v) is 6.27. The van der Waals surface area contributed by atoms with Crippen LogP contribution in [0, 0.1) is 11.8 Å². The molecule has 4 atom stereocenters. The second-order valence-electron chi connectivity index (χ2n) is 8.26. The van der Waals surface area contributed by atoms with Crippen molar-refractivity contribution in [2.75, 3.05) is 0 Å². The van der Waals surface area contributed by atoms with Gasteiger partial charge in [0.2, 0.25) is 0 Å². The molecule has 0 aliphatic heterocycles. The highest BCUT2D eigenvalue weighted by Gasteiger charge is 2.24. The molecule has 2 fully saturated rings. The molecule has 2 amide bonds. The Hall–Kier alpha value is -1.84. The number of carbonyl (C=O) groups excluding carboxylic acids is 2. The van der Waals surface area contributed by atoms with E-state index in [4.69, 9.17) is 0 Å². The van der Waals surface area contributed by atoms with Crippen molar-refractivity contribution in [1.29, 1.82) is 0 Å². The Morgan fingerprint density at radius 2 is 1.04 bits per heavy atom. The zero-order valence-electron chi connectivity index (χ0n) is 16.1. The highest BCUT2D eigenvalue weighted by Crippen LogP contribution is 2.25. The lowest BCUT2D eigenvalue weighted by Crippen LogP contribution is -2.41. The van der Waals surface area contributed by atoms with E-state index in [0.717, 1.165) is 12.8 Å². The van der Waals surface area contributed by atoms with Crippen molar-refractivity contribution in [2.45, 2.75) is 77.3 Å². The molecule has 0 saturated heterocycles. The molecule has 1 aromatic rings. The molecule has 2 saturated carbocycles. The van der Waals surface area contributed by atoms with E-state index >= 15 is 0 Å². The lowest BCUT2D eigenvalue weighted by atomic mass is 9.85. The van der Waals surface area contributed by atoms with Crippen LogP contribution in [0.4, 0.5) is 0 Å². The van der Waals surface area contributed by atoms with Gasteiger partial charge in [-0.3, -0.25) is 9.59 Å². The van der Waals surface area contributed by atoms with Crippen LogP contribution in [0.1, 0.15) is 85.9 Å². The molecule has 1 aromatic carbocycles. The number of rotatable bonds is 4. The average molecular weight is 357 g/mol. The van der Waals surface area contributed by atoms with E-state index in [1.54, 1.807) is 24.3 Å². The van der Waals surface area contributed by atoms with Crippen LogP contribution in [0.25, 0.3) is 0 Å². The van der Waals surface area contributed by atoms with E-state index in [0.29, 0.717) is 23.0 Å². The summed E-state index contributed by atoms with van der Waals surface area (Å²) in [6.07, 6.45) is 9.39. The van der Waals surface area contributed by atoms with Crippen LogP contribution in [0.15, 0.2) is 24.3 Å². The standard InChI is InChI=1S/C22H32N2O2/c1-15-7-3-5-9-19(15)23-21(25)17-11-13-18(14-12-17)22(26)24-20-10-6-4-8-16(20)2/h11-16,19-20H,3-10H2,1-2H3,(H,23,25)(H,24,26)/t15-,16+,19+,20-. The van der Waals surface area contributed by atoms with Gasteiger partial charge in [-0.15, -0.1) is 0 Å². The molecule has 0 unspecified atom stereocenters. The molecule has 0 radical (unpaired) electrons. The van der Waals surface area contributed by atoms with Crippen molar-refractivity contribution in [2.24, 2.45) is 11.8 Å². The lowest BCUT2D eigenvalue weighted by Gasteiger charge is -2.29. The van der Waals surface area contributed by atoms with Crippen molar-refractivity contribution in [3.63, 3.8) is 0 Å². The zero-order valence-corrected chi connectivity index (χ0v) is 16.1.